The van der Waals surface area contributed by atoms with E-state index in [2.05, 4.69) is 20.5 Å². The first-order valence-corrected chi connectivity index (χ1v) is 8.60. The summed E-state index contributed by atoms with van der Waals surface area (Å²) in [5.74, 6) is 0.685. The summed E-state index contributed by atoms with van der Waals surface area (Å²) in [7, 11) is 0. The SMILES string of the molecule is CCNC(=NCCN1CCOCC1)NC1CCN(CC(F)(F)F)C1. The van der Waals surface area contributed by atoms with E-state index in [1.165, 1.54) is 4.90 Å². The minimum absolute atomic E-state index is 0.00790. The molecule has 2 aliphatic rings. The van der Waals surface area contributed by atoms with E-state index in [0.717, 1.165) is 39.4 Å². The van der Waals surface area contributed by atoms with Gasteiger partial charge in [-0.25, -0.2) is 0 Å². The van der Waals surface area contributed by atoms with Gasteiger partial charge in [-0.1, -0.05) is 0 Å². The van der Waals surface area contributed by atoms with Crippen LogP contribution >= 0.6 is 0 Å². The third kappa shape index (κ3) is 7.23. The lowest BCUT2D eigenvalue weighted by Crippen LogP contribution is -2.45. The number of nitrogens with zero attached hydrogens (tertiary/aromatic N) is 3. The molecule has 0 aromatic heterocycles. The number of rotatable bonds is 6. The molecule has 2 saturated heterocycles. The van der Waals surface area contributed by atoms with E-state index < -0.39 is 12.7 Å². The first kappa shape index (κ1) is 19.3. The maximum Gasteiger partial charge on any atom is 0.401 e. The highest BCUT2D eigenvalue weighted by molar-refractivity contribution is 5.80. The van der Waals surface area contributed by atoms with Crippen molar-refractivity contribution in [1.82, 2.24) is 20.4 Å². The molecule has 0 amide bonds. The number of alkyl halides is 3. The Hall–Kier alpha value is -1.06. The summed E-state index contributed by atoms with van der Waals surface area (Å²) in [5, 5.41) is 6.42. The van der Waals surface area contributed by atoms with Crippen LogP contribution in [0, 0.1) is 0 Å². The number of morpholine rings is 1. The van der Waals surface area contributed by atoms with E-state index in [-0.39, 0.29) is 6.04 Å². The normalized spacial score (nSPS) is 24.3. The van der Waals surface area contributed by atoms with Crippen LogP contribution in [0.1, 0.15) is 13.3 Å². The van der Waals surface area contributed by atoms with Crippen molar-refractivity contribution in [3.05, 3.63) is 0 Å². The smallest absolute Gasteiger partial charge is 0.379 e. The van der Waals surface area contributed by atoms with Crippen molar-refractivity contribution in [1.29, 1.82) is 0 Å². The Kier molecular flexibility index (Phi) is 7.57. The quantitative estimate of drug-likeness (QED) is 0.540. The predicted molar refractivity (Wildman–Crippen MR) is 87.3 cm³/mol. The van der Waals surface area contributed by atoms with E-state index in [1.807, 2.05) is 6.92 Å². The molecule has 2 aliphatic heterocycles. The summed E-state index contributed by atoms with van der Waals surface area (Å²) in [6.07, 6.45) is -3.43. The minimum atomic E-state index is -4.13. The molecule has 1 atom stereocenters. The predicted octanol–water partition coefficient (Wildman–Crippen LogP) is 0.510. The molecular weight excluding hydrogens is 323 g/mol. The summed E-state index contributed by atoms with van der Waals surface area (Å²) in [4.78, 5) is 8.28. The van der Waals surface area contributed by atoms with Crippen molar-refractivity contribution >= 4 is 5.96 Å². The van der Waals surface area contributed by atoms with Crippen molar-refractivity contribution in [3.63, 3.8) is 0 Å². The Morgan fingerprint density at radius 1 is 1.21 bits per heavy atom. The van der Waals surface area contributed by atoms with Gasteiger partial charge in [0.25, 0.3) is 0 Å². The van der Waals surface area contributed by atoms with Crippen LogP contribution in [0.2, 0.25) is 0 Å². The molecule has 1 unspecified atom stereocenters. The van der Waals surface area contributed by atoms with Gasteiger partial charge in [-0.3, -0.25) is 14.8 Å². The molecular formula is C15H28F3N5O. The highest BCUT2D eigenvalue weighted by Crippen LogP contribution is 2.19. The molecule has 0 spiro atoms. The summed E-state index contributed by atoms with van der Waals surface area (Å²) in [5.41, 5.74) is 0. The number of hydrogen-bond donors (Lipinski definition) is 2. The average molecular weight is 351 g/mol. The van der Waals surface area contributed by atoms with E-state index in [0.29, 0.717) is 32.0 Å². The summed E-state index contributed by atoms with van der Waals surface area (Å²) in [6.45, 7) is 7.63. The zero-order chi connectivity index (χ0) is 17.4. The fraction of sp³-hybridized carbons (Fsp3) is 0.933. The molecule has 0 aromatic carbocycles. The van der Waals surface area contributed by atoms with E-state index in [1.54, 1.807) is 0 Å². The zero-order valence-electron chi connectivity index (χ0n) is 14.2. The van der Waals surface area contributed by atoms with Crippen LogP contribution in [-0.2, 0) is 4.74 Å². The van der Waals surface area contributed by atoms with Crippen LogP contribution in [0.4, 0.5) is 13.2 Å². The zero-order valence-corrected chi connectivity index (χ0v) is 14.2. The molecule has 24 heavy (non-hydrogen) atoms. The lowest BCUT2D eigenvalue weighted by molar-refractivity contribution is -0.143. The van der Waals surface area contributed by atoms with Crippen LogP contribution in [0.25, 0.3) is 0 Å². The molecule has 140 valence electrons. The van der Waals surface area contributed by atoms with Gasteiger partial charge in [0, 0.05) is 45.3 Å². The van der Waals surface area contributed by atoms with Crippen LogP contribution in [0.15, 0.2) is 4.99 Å². The second-order valence-electron chi connectivity index (χ2n) is 6.19. The molecule has 0 radical (unpaired) electrons. The van der Waals surface area contributed by atoms with Crippen LogP contribution < -0.4 is 10.6 Å². The first-order chi connectivity index (χ1) is 11.5. The van der Waals surface area contributed by atoms with Crippen molar-refractivity contribution in [3.8, 4) is 0 Å². The topological polar surface area (TPSA) is 52.1 Å². The lowest BCUT2D eigenvalue weighted by Gasteiger charge is -2.26. The lowest BCUT2D eigenvalue weighted by atomic mass is 10.3. The molecule has 0 aromatic rings. The molecule has 2 rings (SSSR count). The molecule has 9 heteroatoms. The van der Waals surface area contributed by atoms with Crippen molar-refractivity contribution in [2.75, 3.05) is 65.6 Å². The number of aliphatic imine (C=N–C) groups is 1. The Balaban J connectivity index is 1.74. The van der Waals surface area contributed by atoms with Gasteiger partial charge in [0.2, 0.25) is 0 Å². The Labute approximate surface area is 141 Å². The van der Waals surface area contributed by atoms with E-state index >= 15 is 0 Å². The standard InChI is InChI=1S/C15H28F3N5O/c1-2-19-14(20-4-6-22-7-9-24-10-8-22)21-13-3-5-23(11-13)12-15(16,17)18/h13H,2-12H2,1H3,(H2,19,20,21). The maximum absolute atomic E-state index is 12.4. The van der Waals surface area contributed by atoms with Gasteiger partial charge < -0.3 is 15.4 Å². The summed E-state index contributed by atoms with van der Waals surface area (Å²) in [6, 6.07) is 0.00790. The molecule has 2 fully saturated rings. The van der Waals surface area contributed by atoms with Crippen molar-refractivity contribution in [2.45, 2.75) is 25.6 Å². The molecule has 6 nitrogen and oxygen atoms in total. The fourth-order valence-electron chi connectivity index (χ4n) is 2.99. The fourth-order valence-corrected chi connectivity index (χ4v) is 2.99. The second-order valence-corrected chi connectivity index (χ2v) is 6.19. The molecule has 0 saturated carbocycles. The summed E-state index contributed by atoms with van der Waals surface area (Å²) < 4.78 is 42.7. The number of hydrogen-bond acceptors (Lipinski definition) is 4. The molecule has 2 N–H and O–H groups in total. The monoisotopic (exact) mass is 351 g/mol. The van der Waals surface area contributed by atoms with Gasteiger partial charge in [0.1, 0.15) is 0 Å². The third-order valence-electron chi connectivity index (χ3n) is 4.15. The molecule has 0 bridgehead atoms. The Morgan fingerprint density at radius 3 is 2.62 bits per heavy atom. The number of nitrogens with one attached hydrogen (secondary N) is 2. The number of halogens is 3. The Morgan fingerprint density at radius 2 is 1.96 bits per heavy atom. The van der Waals surface area contributed by atoms with Gasteiger partial charge in [-0.2, -0.15) is 13.2 Å². The first-order valence-electron chi connectivity index (χ1n) is 8.60. The van der Waals surface area contributed by atoms with Crippen LogP contribution in [-0.4, -0.2) is 93.5 Å². The second kappa shape index (κ2) is 9.43. The van der Waals surface area contributed by atoms with E-state index in [4.69, 9.17) is 4.74 Å². The number of guanidine groups is 1. The van der Waals surface area contributed by atoms with Gasteiger partial charge >= 0.3 is 6.18 Å². The minimum Gasteiger partial charge on any atom is -0.379 e. The van der Waals surface area contributed by atoms with Crippen molar-refractivity contribution < 1.29 is 17.9 Å². The molecule has 2 heterocycles. The van der Waals surface area contributed by atoms with Gasteiger partial charge in [0.05, 0.1) is 26.3 Å². The third-order valence-corrected chi connectivity index (χ3v) is 4.15. The van der Waals surface area contributed by atoms with Crippen LogP contribution in [0.3, 0.4) is 0 Å². The highest BCUT2D eigenvalue weighted by Gasteiger charge is 2.34. The van der Waals surface area contributed by atoms with E-state index in [9.17, 15) is 13.2 Å². The largest absolute Gasteiger partial charge is 0.401 e. The molecule has 0 aliphatic carbocycles. The van der Waals surface area contributed by atoms with Gasteiger partial charge in [0.15, 0.2) is 5.96 Å². The van der Waals surface area contributed by atoms with Gasteiger partial charge in [-0.15, -0.1) is 0 Å². The van der Waals surface area contributed by atoms with Crippen LogP contribution in [0.5, 0.6) is 0 Å². The average Bonchev–Trinajstić information content (AvgIpc) is 2.93. The highest BCUT2D eigenvalue weighted by atomic mass is 19.4. The van der Waals surface area contributed by atoms with Gasteiger partial charge in [-0.05, 0) is 13.3 Å². The Bertz CT molecular complexity index is 399. The van der Waals surface area contributed by atoms with Crippen molar-refractivity contribution in [2.24, 2.45) is 4.99 Å². The summed E-state index contributed by atoms with van der Waals surface area (Å²) >= 11 is 0. The number of likely N-dealkylation sites (tertiary alicyclic amines) is 1. The number of ether oxygens (including phenoxy) is 1. The maximum atomic E-state index is 12.4.